The van der Waals surface area contributed by atoms with Crippen LogP contribution >= 0.6 is 11.8 Å². The molecule has 0 bridgehead atoms. The molecule has 0 amide bonds. The van der Waals surface area contributed by atoms with E-state index in [1.807, 2.05) is 42.1 Å². The topological polar surface area (TPSA) is 42.3 Å². The molecular formula is C53H34N2O2S. The Morgan fingerprint density at radius 1 is 0.431 bits per heavy atom. The van der Waals surface area contributed by atoms with E-state index in [0.717, 1.165) is 39.2 Å². The van der Waals surface area contributed by atoms with Gasteiger partial charge in [-0.25, -0.2) is 0 Å². The molecule has 0 atom stereocenters. The van der Waals surface area contributed by atoms with E-state index in [2.05, 4.69) is 151 Å². The van der Waals surface area contributed by atoms with E-state index in [9.17, 15) is 9.59 Å². The number of carbonyl (C=O) groups excluding carboxylic acids is 2. The smallest absolute Gasteiger partial charge is 0.194 e. The van der Waals surface area contributed by atoms with Crippen molar-refractivity contribution >= 4 is 62.2 Å². The van der Waals surface area contributed by atoms with Gasteiger partial charge in [-0.3, -0.25) is 9.59 Å². The van der Waals surface area contributed by atoms with Crippen LogP contribution in [0.4, 0.5) is 17.1 Å². The van der Waals surface area contributed by atoms with Crippen LogP contribution in [0, 0.1) is 0 Å². The monoisotopic (exact) mass is 762 g/mol. The Labute approximate surface area is 340 Å². The molecule has 4 nitrogen and oxygen atoms in total. The van der Waals surface area contributed by atoms with Gasteiger partial charge in [0.05, 0.1) is 28.1 Å². The Hall–Kier alpha value is -6.95. The first-order valence-electron chi connectivity index (χ1n) is 19.7. The molecule has 9 aromatic rings. The number of hydrogen-bond acceptors (Lipinski definition) is 4. The lowest BCUT2D eigenvalue weighted by atomic mass is 9.77. The summed E-state index contributed by atoms with van der Waals surface area (Å²) in [5.74, 6) is -0.208. The van der Waals surface area contributed by atoms with E-state index in [1.54, 1.807) is 12.1 Å². The lowest BCUT2D eigenvalue weighted by molar-refractivity contribution is 0.0979. The average Bonchev–Trinajstić information content (AvgIpc) is 3.71. The van der Waals surface area contributed by atoms with Crippen molar-refractivity contribution < 1.29 is 9.59 Å². The quantitative estimate of drug-likeness (QED) is 0.180. The SMILES string of the molecule is CC1(C)c2c(-c3ccc4c(c3)C(=O)c3ccccc3C4=O)cccc2-c2cccc(-n3c4ccccc4c4cc5c(cc43)N(c3ccccc3)c3ccccc3S5)c21. The fourth-order valence-corrected chi connectivity index (χ4v) is 11.1. The Morgan fingerprint density at radius 3 is 1.88 bits per heavy atom. The molecule has 1 aromatic heterocycles. The molecule has 2 heterocycles. The van der Waals surface area contributed by atoms with Crippen molar-refractivity contribution in [2.45, 2.75) is 29.1 Å². The highest BCUT2D eigenvalue weighted by molar-refractivity contribution is 7.99. The summed E-state index contributed by atoms with van der Waals surface area (Å²) < 4.78 is 2.48. The zero-order chi connectivity index (χ0) is 38.9. The molecule has 5 heteroatoms. The normalized spacial score (nSPS) is 14.5. The van der Waals surface area contributed by atoms with Crippen LogP contribution in [-0.2, 0) is 5.41 Å². The summed E-state index contributed by atoms with van der Waals surface area (Å²) in [7, 11) is 0. The zero-order valence-corrected chi connectivity index (χ0v) is 32.6. The highest BCUT2D eigenvalue weighted by Crippen LogP contribution is 2.57. The number of benzene rings is 8. The molecule has 0 fully saturated rings. The highest BCUT2D eigenvalue weighted by Gasteiger charge is 2.41. The van der Waals surface area contributed by atoms with Crippen LogP contribution in [0.3, 0.4) is 0 Å². The Morgan fingerprint density at radius 2 is 1.05 bits per heavy atom. The molecular weight excluding hydrogens is 729 g/mol. The van der Waals surface area contributed by atoms with Crippen molar-refractivity contribution in [2.24, 2.45) is 0 Å². The van der Waals surface area contributed by atoms with E-state index in [1.165, 1.54) is 48.5 Å². The Bertz CT molecular complexity index is 3280. The van der Waals surface area contributed by atoms with Crippen molar-refractivity contribution in [1.29, 1.82) is 0 Å². The number of ketones is 2. The van der Waals surface area contributed by atoms with E-state index in [0.29, 0.717) is 22.3 Å². The number of para-hydroxylation sites is 3. The third-order valence-electron chi connectivity index (χ3n) is 12.5. The second-order valence-electron chi connectivity index (χ2n) is 15.9. The molecule has 12 rings (SSSR count). The van der Waals surface area contributed by atoms with Crippen LogP contribution in [0.1, 0.15) is 56.8 Å². The zero-order valence-electron chi connectivity index (χ0n) is 31.8. The summed E-state index contributed by atoms with van der Waals surface area (Å²) in [4.78, 5) is 32.3. The number of carbonyl (C=O) groups is 2. The number of nitrogens with zero attached hydrogens (tertiary/aromatic N) is 2. The van der Waals surface area contributed by atoms with Gasteiger partial charge < -0.3 is 9.47 Å². The molecule has 3 aliphatic rings. The van der Waals surface area contributed by atoms with Gasteiger partial charge in [-0.05, 0) is 94.0 Å². The first kappa shape index (κ1) is 33.2. The predicted octanol–water partition coefficient (Wildman–Crippen LogP) is 13.5. The summed E-state index contributed by atoms with van der Waals surface area (Å²) in [5.41, 5.74) is 15.2. The van der Waals surface area contributed by atoms with Gasteiger partial charge in [0.2, 0.25) is 0 Å². The van der Waals surface area contributed by atoms with E-state index in [-0.39, 0.29) is 11.6 Å². The van der Waals surface area contributed by atoms with Gasteiger partial charge in [-0.1, -0.05) is 135 Å². The number of rotatable bonds is 3. The largest absolute Gasteiger partial charge is 0.309 e. The number of fused-ring (bicyclic) bond motifs is 10. The molecule has 1 aliphatic heterocycles. The second-order valence-corrected chi connectivity index (χ2v) is 17.0. The fourth-order valence-electron chi connectivity index (χ4n) is 10.0. The van der Waals surface area contributed by atoms with Crippen LogP contribution in [0.25, 0.3) is 49.7 Å². The van der Waals surface area contributed by atoms with Crippen molar-refractivity contribution in [3.05, 3.63) is 203 Å². The van der Waals surface area contributed by atoms with Crippen LogP contribution < -0.4 is 4.90 Å². The van der Waals surface area contributed by atoms with Crippen LogP contribution in [-0.4, -0.2) is 16.1 Å². The van der Waals surface area contributed by atoms with Crippen molar-refractivity contribution in [3.8, 4) is 27.9 Å². The first-order chi connectivity index (χ1) is 28.4. The van der Waals surface area contributed by atoms with Gasteiger partial charge in [0.25, 0.3) is 0 Å². The van der Waals surface area contributed by atoms with Crippen molar-refractivity contribution in [2.75, 3.05) is 4.90 Å². The van der Waals surface area contributed by atoms with Crippen molar-refractivity contribution in [1.82, 2.24) is 4.57 Å². The van der Waals surface area contributed by atoms with Gasteiger partial charge in [0, 0.05) is 53.9 Å². The molecule has 0 radical (unpaired) electrons. The third-order valence-corrected chi connectivity index (χ3v) is 13.6. The maximum Gasteiger partial charge on any atom is 0.194 e. The number of hydrogen-bond donors (Lipinski definition) is 0. The van der Waals surface area contributed by atoms with Gasteiger partial charge in [0.1, 0.15) is 0 Å². The van der Waals surface area contributed by atoms with E-state index >= 15 is 0 Å². The predicted molar refractivity (Wildman–Crippen MR) is 236 cm³/mol. The Kier molecular flexibility index (Phi) is 6.89. The first-order valence-corrected chi connectivity index (χ1v) is 20.5. The molecule has 0 N–H and O–H groups in total. The maximum absolute atomic E-state index is 13.9. The minimum absolute atomic E-state index is 0.102. The highest BCUT2D eigenvalue weighted by atomic mass is 32.2. The summed E-state index contributed by atoms with van der Waals surface area (Å²) >= 11 is 1.84. The van der Waals surface area contributed by atoms with E-state index in [4.69, 9.17) is 0 Å². The van der Waals surface area contributed by atoms with E-state index < -0.39 is 5.41 Å². The molecule has 58 heavy (non-hydrogen) atoms. The molecule has 0 unspecified atom stereocenters. The van der Waals surface area contributed by atoms with Crippen LogP contribution in [0.5, 0.6) is 0 Å². The number of anilines is 3. The van der Waals surface area contributed by atoms with Crippen LogP contribution in [0.2, 0.25) is 0 Å². The van der Waals surface area contributed by atoms with Crippen LogP contribution in [0.15, 0.2) is 180 Å². The fraction of sp³-hybridized carbons (Fsp3) is 0.0566. The molecule has 0 spiro atoms. The average molecular weight is 763 g/mol. The Balaban J connectivity index is 1.06. The lowest BCUT2D eigenvalue weighted by Crippen LogP contribution is -2.21. The second kappa shape index (κ2) is 12.0. The summed E-state index contributed by atoms with van der Waals surface area (Å²) in [6, 6.07) is 59.1. The minimum Gasteiger partial charge on any atom is -0.309 e. The van der Waals surface area contributed by atoms with Gasteiger partial charge in [-0.15, -0.1) is 0 Å². The minimum atomic E-state index is -0.420. The van der Waals surface area contributed by atoms with Gasteiger partial charge in [0.15, 0.2) is 11.6 Å². The molecule has 0 saturated heterocycles. The summed E-state index contributed by atoms with van der Waals surface area (Å²) in [6.45, 7) is 4.66. The van der Waals surface area contributed by atoms with Crippen molar-refractivity contribution in [3.63, 3.8) is 0 Å². The molecule has 274 valence electrons. The van der Waals surface area contributed by atoms with Gasteiger partial charge >= 0.3 is 0 Å². The molecule has 0 saturated carbocycles. The lowest BCUT2D eigenvalue weighted by Gasteiger charge is -2.33. The molecule has 8 aromatic carbocycles. The molecule has 2 aliphatic carbocycles. The third kappa shape index (κ3) is 4.48. The summed E-state index contributed by atoms with van der Waals surface area (Å²) in [5, 5.41) is 2.43. The van der Waals surface area contributed by atoms with Gasteiger partial charge in [-0.2, -0.15) is 0 Å². The number of aromatic nitrogens is 1. The summed E-state index contributed by atoms with van der Waals surface area (Å²) in [6.07, 6.45) is 0. The standard InChI is InChI=1S/C53H34N2O2S/c1-53(2)49-33(31-26-27-39-41(28-31)52(57)38-18-7-6-17-37(38)51(39)56)19-12-20-35(49)36-21-13-24-44(50(36)53)55-42-22-9-8-16-34(42)40-29-48-46(30-45(40)55)54(32-14-4-3-5-15-32)43-23-10-11-25-47(43)58-48/h3-30H,1-2H3. The maximum atomic E-state index is 13.9.